The van der Waals surface area contributed by atoms with Crippen molar-refractivity contribution in [2.24, 2.45) is 5.92 Å². The highest BCUT2D eigenvalue weighted by atomic mass is 19.4. The molecule has 2 saturated heterocycles. The molecule has 3 aliphatic heterocycles. The van der Waals surface area contributed by atoms with Crippen molar-refractivity contribution in [2.45, 2.75) is 44.9 Å². The number of para-hydroxylation sites is 1. The predicted octanol–water partition coefficient (Wildman–Crippen LogP) is 3.64. The molecule has 0 radical (unpaired) electrons. The van der Waals surface area contributed by atoms with Crippen molar-refractivity contribution in [1.29, 1.82) is 0 Å². The highest BCUT2D eigenvalue weighted by Gasteiger charge is 2.49. The van der Waals surface area contributed by atoms with Gasteiger partial charge in [-0.05, 0) is 63.7 Å². The smallest absolute Gasteiger partial charge is 0.369 e. The first-order valence-corrected chi connectivity index (χ1v) is 14.4. The van der Waals surface area contributed by atoms with E-state index in [1.165, 1.54) is 22.8 Å². The van der Waals surface area contributed by atoms with E-state index in [0.29, 0.717) is 31.9 Å². The molecule has 0 unspecified atom stereocenters. The van der Waals surface area contributed by atoms with Gasteiger partial charge in [0.25, 0.3) is 0 Å². The Kier molecular flexibility index (Phi) is 8.26. The number of carbonyl (C=O) groups excluding carboxylic acids is 3. The number of fused-ring (bicyclic) bond motifs is 2. The highest BCUT2D eigenvalue weighted by Crippen LogP contribution is 2.41. The van der Waals surface area contributed by atoms with Gasteiger partial charge in [-0.1, -0.05) is 18.7 Å². The molecule has 2 aromatic rings. The molecule has 1 aromatic carbocycles. The Morgan fingerprint density at radius 2 is 1.88 bits per heavy atom. The Morgan fingerprint density at radius 1 is 1.16 bits per heavy atom. The van der Waals surface area contributed by atoms with Gasteiger partial charge >= 0.3 is 6.18 Å². The number of benzene rings is 1. The SMILES string of the molecule is C=CC(=O)N1CC(N(C)CCCN2C[C@H]3CC(=O)N(c4cc(C(F)(F)F)cc(C)n4)[C@@H]3C(=O)N(C)c3cccc(C)c32)C1. The Bertz CT molecular complexity index is 1440. The predicted molar refractivity (Wildman–Crippen MR) is 158 cm³/mol. The Morgan fingerprint density at radius 3 is 2.56 bits per heavy atom. The second-order valence-electron chi connectivity index (χ2n) is 11.7. The standard InChI is InChI=1S/C31H37F3N6O3/c1-6-26(41)39-17-23(18-39)36(4)11-8-12-38-16-21-14-27(42)40(25-15-22(31(32,33)34)13-20(3)35-25)29(21)30(43)37(5)24-10-7-9-19(2)28(24)38/h6-7,9-10,13,15,21,23,29H,1,8,11-12,14,16-18H2,2-5H3/t21-,29+/m1/s1. The van der Waals surface area contributed by atoms with Crippen molar-refractivity contribution >= 4 is 34.9 Å². The van der Waals surface area contributed by atoms with Crippen LogP contribution in [0.25, 0.3) is 0 Å². The van der Waals surface area contributed by atoms with Gasteiger partial charge in [-0.3, -0.25) is 24.2 Å². The summed E-state index contributed by atoms with van der Waals surface area (Å²) >= 11 is 0. The highest BCUT2D eigenvalue weighted by molar-refractivity contribution is 6.10. The molecular weight excluding hydrogens is 561 g/mol. The molecule has 0 N–H and O–H groups in total. The summed E-state index contributed by atoms with van der Waals surface area (Å²) in [6.07, 6.45) is -2.48. The quantitative estimate of drug-likeness (QED) is 0.453. The topological polar surface area (TPSA) is 80.3 Å². The summed E-state index contributed by atoms with van der Waals surface area (Å²) in [6.45, 7) is 10.1. The molecule has 5 rings (SSSR count). The minimum absolute atomic E-state index is 0.0219. The fourth-order valence-corrected chi connectivity index (χ4v) is 6.44. The van der Waals surface area contributed by atoms with Gasteiger partial charge in [0.1, 0.15) is 11.9 Å². The molecule has 12 heteroatoms. The number of hydrogen-bond donors (Lipinski definition) is 0. The molecule has 9 nitrogen and oxygen atoms in total. The van der Waals surface area contributed by atoms with E-state index in [4.69, 9.17) is 0 Å². The number of amides is 3. The molecule has 0 bridgehead atoms. The third-order valence-corrected chi connectivity index (χ3v) is 8.79. The molecule has 0 saturated carbocycles. The minimum atomic E-state index is -4.62. The summed E-state index contributed by atoms with van der Waals surface area (Å²) in [5.41, 5.74) is 1.78. The number of alkyl halides is 3. The van der Waals surface area contributed by atoms with Crippen molar-refractivity contribution < 1.29 is 27.6 Å². The zero-order valence-corrected chi connectivity index (χ0v) is 24.9. The zero-order valence-electron chi connectivity index (χ0n) is 24.9. The average Bonchev–Trinajstić information content (AvgIpc) is 3.24. The Balaban J connectivity index is 1.41. The monoisotopic (exact) mass is 598 g/mol. The van der Waals surface area contributed by atoms with E-state index in [-0.39, 0.29) is 35.8 Å². The van der Waals surface area contributed by atoms with Crippen LogP contribution >= 0.6 is 0 Å². The van der Waals surface area contributed by atoms with Gasteiger partial charge in [-0.25, -0.2) is 4.98 Å². The normalized spacial score (nSPS) is 21.0. The first-order valence-electron chi connectivity index (χ1n) is 14.4. The number of rotatable bonds is 7. The maximum Gasteiger partial charge on any atom is 0.416 e. The lowest BCUT2D eigenvalue weighted by Crippen LogP contribution is -2.60. The van der Waals surface area contributed by atoms with E-state index >= 15 is 0 Å². The van der Waals surface area contributed by atoms with Crippen molar-refractivity contribution in [3.63, 3.8) is 0 Å². The Labute approximate surface area is 249 Å². The lowest BCUT2D eigenvalue weighted by Gasteiger charge is -2.44. The van der Waals surface area contributed by atoms with Crippen LogP contribution in [0.1, 0.15) is 29.7 Å². The van der Waals surface area contributed by atoms with E-state index in [9.17, 15) is 27.6 Å². The summed E-state index contributed by atoms with van der Waals surface area (Å²) in [7, 11) is 3.68. The lowest BCUT2D eigenvalue weighted by atomic mass is 9.94. The zero-order chi connectivity index (χ0) is 31.2. The van der Waals surface area contributed by atoms with Crippen molar-refractivity contribution in [1.82, 2.24) is 14.8 Å². The summed E-state index contributed by atoms with van der Waals surface area (Å²) < 4.78 is 41.0. The Hall–Kier alpha value is -3.93. The van der Waals surface area contributed by atoms with Crippen LogP contribution in [0.15, 0.2) is 43.0 Å². The molecule has 1 aromatic heterocycles. The van der Waals surface area contributed by atoms with Gasteiger partial charge in [0.15, 0.2) is 0 Å². The summed E-state index contributed by atoms with van der Waals surface area (Å²) in [6, 6.07) is 6.77. The molecule has 0 spiro atoms. The fraction of sp³-hybridized carbons (Fsp3) is 0.484. The molecular formula is C31H37F3N6O3. The number of carbonyl (C=O) groups is 3. The first kappa shape index (κ1) is 30.5. The number of pyridine rings is 1. The molecule has 3 amide bonds. The second kappa shape index (κ2) is 11.6. The minimum Gasteiger partial charge on any atom is -0.369 e. The number of nitrogens with zero attached hydrogens (tertiary/aromatic N) is 6. The van der Waals surface area contributed by atoms with Gasteiger partial charge in [0.2, 0.25) is 17.7 Å². The number of aryl methyl sites for hydroxylation is 2. The summed E-state index contributed by atoms with van der Waals surface area (Å²) in [4.78, 5) is 52.4. The largest absolute Gasteiger partial charge is 0.416 e. The van der Waals surface area contributed by atoms with Gasteiger partial charge in [-0.2, -0.15) is 13.2 Å². The summed E-state index contributed by atoms with van der Waals surface area (Å²) in [5.74, 6) is -1.46. The van der Waals surface area contributed by atoms with Crippen molar-refractivity contribution in [3.8, 4) is 0 Å². The molecule has 230 valence electrons. The van der Waals surface area contributed by atoms with E-state index in [0.717, 1.165) is 36.3 Å². The number of halogens is 3. The fourth-order valence-electron chi connectivity index (χ4n) is 6.44. The van der Waals surface area contributed by atoms with E-state index in [2.05, 4.69) is 21.4 Å². The number of aromatic nitrogens is 1. The van der Waals surface area contributed by atoms with Crippen molar-refractivity contribution in [3.05, 3.63) is 59.8 Å². The first-order chi connectivity index (χ1) is 20.3. The second-order valence-corrected chi connectivity index (χ2v) is 11.7. The maximum absolute atomic E-state index is 14.0. The van der Waals surface area contributed by atoms with Crippen LogP contribution in [0.3, 0.4) is 0 Å². The van der Waals surface area contributed by atoms with Crippen LogP contribution in [-0.2, 0) is 20.6 Å². The van der Waals surface area contributed by atoms with Crippen LogP contribution in [0.2, 0.25) is 0 Å². The van der Waals surface area contributed by atoms with E-state index in [1.807, 2.05) is 32.2 Å². The molecule has 2 fully saturated rings. The molecule has 4 heterocycles. The third-order valence-electron chi connectivity index (χ3n) is 8.79. The third kappa shape index (κ3) is 5.84. The van der Waals surface area contributed by atoms with E-state index < -0.39 is 29.6 Å². The van der Waals surface area contributed by atoms with Crippen LogP contribution < -0.4 is 14.7 Å². The van der Waals surface area contributed by atoms with Crippen LogP contribution in [0, 0.1) is 19.8 Å². The van der Waals surface area contributed by atoms with Gasteiger partial charge in [-0.15, -0.1) is 0 Å². The number of likely N-dealkylation sites (tertiary alicyclic amines) is 1. The van der Waals surface area contributed by atoms with E-state index in [1.54, 1.807) is 11.9 Å². The molecule has 3 aliphatic rings. The van der Waals surface area contributed by atoms with Gasteiger partial charge in [0.05, 0.1) is 16.9 Å². The molecule has 43 heavy (non-hydrogen) atoms. The number of hydrogen-bond acceptors (Lipinski definition) is 6. The van der Waals surface area contributed by atoms with Crippen LogP contribution in [0.5, 0.6) is 0 Å². The van der Waals surface area contributed by atoms with Gasteiger partial charge in [0, 0.05) is 57.3 Å². The number of anilines is 3. The molecule has 2 atom stereocenters. The number of likely N-dealkylation sites (N-methyl/N-ethyl adjacent to an activating group) is 2. The maximum atomic E-state index is 14.0. The lowest BCUT2D eigenvalue weighted by molar-refractivity contribution is -0.137. The van der Waals surface area contributed by atoms with Crippen LogP contribution in [-0.4, -0.2) is 91.4 Å². The summed E-state index contributed by atoms with van der Waals surface area (Å²) in [5, 5.41) is 0. The molecule has 0 aliphatic carbocycles. The van der Waals surface area contributed by atoms with Crippen LogP contribution in [0.4, 0.5) is 30.4 Å². The van der Waals surface area contributed by atoms with Crippen molar-refractivity contribution in [2.75, 3.05) is 61.5 Å². The van der Waals surface area contributed by atoms with Gasteiger partial charge < -0.3 is 14.7 Å². The average molecular weight is 599 g/mol.